The third kappa shape index (κ3) is 5.87. The van der Waals surface area contributed by atoms with Crippen molar-refractivity contribution >= 4 is 33.7 Å². The van der Waals surface area contributed by atoms with Crippen molar-refractivity contribution in [3.05, 3.63) is 39.1 Å². The van der Waals surface area contributed by atoms with E-state index in [4.69, 9.17) is 16.3 Å². The maximum absolute atomic E-state index is 14.0. The molecular weight excluding hydrogens is 599 g/mol. The van der Waals surface area contributed by atoms with Gasteiger partial charge in [0, 0.05) is 36.6 Å². The minimum absolute atomic E-state index is 0.169. The lowest BCUT2D eigenvalue weighted by molar-refractivity contribution is -0.157. The lowest BCUT2D eigenvalue weighted by Crippen LogP contribution is -2.52. The predicted octanol–water partition coefficient (Wildman–Crippen LogP) is 3.26. The first kappa shape index (κ1) is 30.0. The highest BCUT2D eigenvalue weighted by atomic mass is 79.9. The monoisotopic (exact) mass is 631 g/mol. The van der Waals surface area contributed by atoms with E-state index in [1.165, 1.54) is 0 Å². The first-order valence-electron chi connectivity index (χ1n) is 13.1. The van der Waals surface area contributed by atoms with Crippen LogP contribution in [0, 0.1) is 11.8 Å². The molecule has 0 bridgehead atoms. The minimum atomic E-state index is -4.81. The van der Waals surface area contributed by atoms with Gasteiger partial charge in [0.15, 0.2) is 5.70 Å². The van der Waals surface area contributed by atoms with Gasteiger partial charge >= 0.3 is 12.1 Å². The van der Waals surface area contributed by atoms with Crippen LogP contribution in [0.2, 0.25) is 0 Å². The maximum atomic E-state index is 14.0. The van der Waals surface area contributed by atoms with Crippen LogP contribution < -0.4 is 16.3 Å². The number of likely N-dealkylation sites (tertiary alicyclic amines) is 1. The molecule has 220 valence electrons. The van der Waals surface area contributed by atoms with Crippen LogP contribution in [0.1, 0.15) is 55.8 Å². The summed E-state index contributed by atoms with van der Waals surface area (Å²) in [5.41, 5.74) is 5.10. The largest absolute Gasteiger partial charge is 0.487 e. The van der Waals surface area contributed by atoms with Gasteiger partial charge in [0.1, 0.15) is 18.5 Å². The Hall–Kier alpha value is -3.00. The van der Waals surface area contributed by atoms with E-state index < -0.39 is 48.1 Å². The van der Waals surface area contributed by atoms with Crippen molar-refractivity contribution in [2.45, 2.75) is 57.3 Å². The van der Waals surface area contributed by atoms with Crippen molar-refractivity contribution in [1.82, 2.24) is 14.8 Å². The highest BCUT2D eigenvalue weighted by Crippen LogP contribution is 2.45. The van der Waals surface area contributed by atoms with Gasteiger partial charge in [-0.3, -0.25) is 14.4 Å². The van der Waals surface area contributed by atoms with Gasteiger partial charge in [0.25, 0.3) is 0 Å². The van der Waals surface area contributed by atoms with Crippen molar-refractivity contribution in [3.8, 4) is 5.75 Å². The number of aliphatic carboxylic acids is 1. The molecule has 3 atom stereocenters. The fraction of sp³-hybridized carbons (Fsp3) is 0.577. The van der Waals surface area contributed by atoms with Crippen molar-refractivity contribution in [1.29, 1.82) is 0 Å². The number of amides is 2. The summed E-state index contributed by atoms with van der Waals surface area (Å²) in [5.74, 6) is 2.44. The molecule has 40 heavy (non-hydrogen) atoms. The van der Waals surface area contributed by atoms with Gasteiger partial charge in [-0.25, -0.2) is 5.84 Å². The predicted molar refractivity (Wildman–Crippen MR) is 141 cm³/mol. The highest BCUT2D eigenvalue weighted by molar-refractivity contribution is 9.10. The van der Waals surface area contributed by atoms with Crippen LogP contribution in [-0.2, 0) is 20.8 Å². The van der Waals surface area contributed by atoms with Crippen LogP contribution in [0.5, 0.6) is 5.75 Å². The molecule has 2 amide bonds. The molecule has 14 heteroatoms. The molecule has 0 radical (unpaired) electrons. The molecule has 1 saturated carbocycles. The molecule has 1 aromatic rings. The number of carboxylic acids is 1. The number of nitrogens with zero attached hydrogens (tertiary/aromatic N) is 3. The molecule has 4 rings (SSSR count). The molecular formula is C26H33BrF3N5O5. The van der Waals surface area contributed by atoms with E-state index in [2.05, 4.69) is 15.9 Å². The minimum Gasteiger partial charge on any atom is -0.487 e. The number of carbonyl (C=O) groups is 3. The van der Waals surface area contributed by atoms with E-state index in [0.717, 1.165) is 25.5 Å². The van der Waals surface area contributed by atoms with Gasteiger partial charge in [0.2, 0.25) is 11.8 Å². The van der Waals surface area contributed by atoms with E-state index in [9.17, 15) is 32.7 Å². The second-order valence-electron chi connectivity index (χ2n) is 10.4. The van der Waals surface area contributed by atoms with Gasteiger partial charge in [-0.15, -0.1) is 0 Å². The summed E-state index contributed by atoms with van der Waals surface area (Å²) in [6, 6.07) is 3.24. The van der Waals surface area contributed by atoms with Crippen LogP contribution in [-0.4, -0.2) is 70.6 Å². The number of hydrazine groups is 1. The number of fused-ring (bicyclic) bond motifs is 1. The molecule has 5 N–H and O–H groups in total. The summed E-state index contributed by atoms with van der Waals surface area (Å²) in [5, 5.41) is 10.2. The van der Waals surface area contributed by atoms with Gasteiger partial charge in [0.05, 0.1) is 17.5 Å². The first-order valence-corrected chi connectivity index (χ1v) is 13.9. The quantitative estimate of drug-likeness (QED) is 0.307. The number of carboxylic acid groups (broad SMARTS) is 1. The number of rotatable bonds is 7. The van der Waals surface area contributed by atoms with Gasteiger partial charge in [-0.1, -0.05) is 28.8 Å². The molecule has 2 fully saturated rings. The van der Waals surface area contributed by atoms with E-state index >= 15 is 0 Å². The Morgan fingerprint density at radius 1 is 1.15 bits per heavy atom. The van der Waals surface area contributed by atoms with Gasteiger partial charge in [-0.05, 0) is 43.4 Å². The SMILES string of the molecule is CN(N)/C(=C(\N)COc1ccc(Br)c2c1C(N1CCCC1=O)N(C(=O)C1CCCCC1C(=O)O)CC2)C(F)(F)F. The molecule has 3 aliphatic rings. The molecule has 0 aromatic heterocycles. The zero-order valence-corrected chi connectivity index (χ0v) is 23.6. The van der Waals surface area contributed by atoms with Crippen LogP contribution in [0.4, 0.5) is 13.2 Å². The lowest BCUT2D eigenvalue weighted by Gasteiger charge is -2.45. The average molecular weight is 632 g/mol. The molecule has 2 aliphatic heterocycles. The first-order chi connectivity index (χ1) is 18.8. The van der Waals surface area contributed by atoms with Gasteiger partial charge < -0.3 is 30.4 Å². The van der Waals surface area contributed by atoms with Crippen molar-refractivity contribution in [2.24, 2.45) is 23.4 Å². The summed E-state index contributed by atoms with van der Waals surface area (Å²) >= 11 is 3.53. The number of hydrogen-bond acceptors (Lipinski definition) is 7. The molecule has 1 aliphatic carbocycles. The smallest absolute Gasteiger partial charge is 0.434 e. The second kappa shape index (κ2) is 11.9. The van der Waals surface area contributed by atoms with Gasteiger partial charge in [-0.2, -0.15) is 13.2 Å². The number of nitrogens with two attached hydrogens (primary N) is 2. The fourth-order valence-electron chi connectivity index (χ4n) is 6.04. The summed E-state index contributed by atoms with van der Waals surface area (Å²) in [6.45, 7) is -0.0455. The van der Waals surface area contributed by atoms with E-state index in [0.29, 0.717) is 47.3 Å². The summed E-state index contributed by atoms with van der Waals surface area (Å²) < 4.78 is 47.2. The van der Waals surface area contributed by atoms with Crippen molar-refractivity contribution in [3.63, 3.8) is 0 Å². The topological polar surface area (TPSA) is 142 Å². The van der Waals surface area contributed by atoms with Crippen LogP contribution in [0.3, 0.4) is 0 Å². The fourth-order valence-corrected chi connectivity index (χ4v) is 6.58. The lowest BCUT2D eigenvalue weighted by atomic mass is 9.78. The zero-order chi connectivity index (χ0) is 29.4. The molecule has 2 heterocycles. The Morgan fingerprint density at radius 2 is 1.82 bits per heavy atom. The summed E-state index contributed by atoms with van der Waals surface area (Å²) in [4.78, 5) is 42.1. The van der Waals surface area contributed by atoms with Crippen LogP contribution >= 0.6 is 15.9 Å². The molecule has 1 aromatic carbocycles. The molecule has 1 saturated heterocycles. The number of ether oxygens (including phenoxy) is 1. The summed E-state index contributed by atoms with van der Waals surface area (Å²) in [7, 11) is 1.02. The zero-order valence-electron chi connectivity index (χ0n) is 22.0. The summed E-state index contributed by atoms with van der Waals surface area (Å²) in [6.07, 6.45) is -2.23. The third-order valence-electron chi connectivity index (χ3n) is 7.81. The number of carbonyl (C=O) groups excluding carboxylic acids is 2. The van der Waals surface area contributed by atoms with Crippen LogP contribution in [0.25, 0.3) is 0 Å². The Labute approximate surface area is 238 Å². The average Bonchev–Trinajstić information content (AvgIpc) is 3.31. The normalized spacial score (nSPS) is 23.9. The number of hydrogen-bond donors (Lipinski definition) is 3. The number of alkyl halides is 3. The molecule has 10 nitrogen and oxygen atoms in total. The van der Waals surface area contributed by atoms with Crippen molar-refractivity contribution < 1.29 is 37.4 Å². The highest BCUT2D eigenvalue weighted by Gasteiger charge is 2.46. The van der Waals surface area contributed by atoms with E-state index in [-0.39, 0.29) is 30.5 Å². The Kier molecular flexibility index (Phi) is 8.88. The number of allylic oxidation sites excluding steroid dienone is 1. The van der Waals surface area contributed by atoms with E-state index in [1.54, 1.807) is 21.9 Å². The van der Waals surface area contributed by atoms with E-state index in [1.807, 2.05) is 0 Å². The second-order valence-corrected chi connectivity index (χ2v) is 11.2. The Morgan fingerprint density at radius 3 is 2.40 bits per heavy atom. The Balaban J connectivity index is 1.76. The van der Waals surface area contributed by atoms with Crippen LogP contribution in [0.15, 0.2) is 28.0 Å². The number of halogens is 4. The molecule has 3 unspecified atom stereocenters. The van der Waals surface area contributed by atoms with Crippen molar-refractivity contribution in [2.75, 3.05) is 26.7 Å². The Bertz CT molecular complexity index is 1210. The maximum Gasteiger partial charge on any atom is 0.434 e. The molecule has 0 spiro atoms. The third-order valence-corrected chi connectivity index (χ3v) is 8.56. The standard InChI is InChI=1S/C26H33BrF3N5O5/c1-33(32)22(26(28,29)30)18(31)13-40-19-9-8-17(27)16-10-12-35(23(21(16)19)34-11-4-7-20(34)36)24(37)14-5-2-3-6-15(14)25(38)39/h8-9,14-15,23H,2-7,10-13,31-32H2,1H3,(H,38,39)/b22-18-. The number of benzene rings is 1.